The molecule has 5 nitrogen and oxygen atoms in total. The number of nitrogens with zero attached hydrogens (tertiary/aromatic N) is 2. The zero-order valence-electron chi connectivity index (χ0n) is 15.5. The van der Waals surface area contributed by atoms with E-state index in [1.807, 2.05) is 48.9 Å². The summed E-state index contributed by atoms with van der Waals surface area (Å²) < 4.78 is 1.90. The molecule has 0 aliphatic carbocycles. The van der Waals surface area contributed by atoms with Gasteiger partial charge < -0.3 is 11.1 Å². The van der Waals surface area contributed by atoms with Crippen LogP contribution >= 0.6 is 12.4 Å². The molecule has 0 aliphatic rings. The van der Waals surface area contributed by atoms with Crippen LogP contribution in [0.5, 0.6) is 0 Å². The lowest BCUT2D eigenvalue weighted by atomic mass is 9.92. The first-order valence-corrected chi connectivity index (χ1v) is 8.58. The number of carbonyl (C=O) groups excluding carboxylic acids is 1. The minimum Gasteiger partial charge on any atom is -0.349 e. The van der Waals surface area contributed by atoms with Crippen molar-refractivity contribution >= 4 is 18.3 Å². The van der Waals surface area contributed by atoms with E-state index in [-0.39, 0.29) is 23.9 Å². The molecule has 138 valence electrons. The summed E-state index contributed by atoms with van der Waals surface area (Å²) in [5.41, 5.74) is 9.44. The number of aryl methyl sites for hydroxylation is 1. The fourth-order valence-corrected chi connectivity index (χ4v) is 3.02. The fourth-order valence-electron chi connectivity index (χ4n) is 3.02. The molecular weight excluding hydrogens is 336 g/mol. The van der Waals surface area contributed by atoms with Gasteiger partial charge in [-0.3, -0.25) is 4.79 Å². The number of benzene rings is 1. The van der Waals surface area contributed by atoms with Crippen LogP contribution in [0.4, 0.5) is 0 Å². The summed E-state index contributed by atoms with van der Waals surface area (Å²) in [5.74, 6) is 0.00274. The summed E-state index contributed by atoms with van der Waals surface area (Å²) in [6.45, 7) is 8.52. The summed E-state index contributed by atoms with van der Waals surface area (Å²) >= 11 is 0. The van der Waals surface area contributed by atoms with Crippen LogP contribution < -0.4 is 11.1 Å². The third kappa shape index (κ3) is 4.61. The first kappa shape index (κ1) is 21.2. The highest BCUT2D eigenvalue weighted by molar-refractivity contribution is 5.85. The Bertz CT molecular complexity index is 685. The zero-order valence-corrected chi connectivity index (χ0v) is 16.3. The zero-order chi connectivity index (χ0) is 17.7. The molecule has 3 N–H and O–H groups in total. The van der Waals surface area contributed by atoms with Crippen molar-refractivity contribution in [3.05, 3.63) is 47.3 Å². The van der Waals surface area contributed by atoms with E-state index in [1.165, 1.54) is 0 Å². The molecular formula is C19H29ClN4O. The van der Waals surface area contributed by atoms with Gasteiger partial charge in [0.05, 0.1) is 23.3 Å². The fraction of sp³-hybridized carbons (Fsp3) is 0.474. The predicted molar refractivity (Wildman–Crippen MR) is 105 cm³/mol. The maximum atomic E-state index is 12.6. The predicted octanol–water partition coefficient (Wildman–Crippen LogP) is 3.09. The minimum atomic E-state index is -0.311. The van der Waals surface area contributed by atoms with Gasteiger partial charge in [0.1, 0.15) is 0 Å². The van der Waals surface area contributed by atoms with Crippen molar-refractivity contribution in [3.8, 4) is 5.69 Å². The highest BCUT2D eigenvalue weighted by Crippen LogP contribution is 2.19. The number of rotatable bonds is 7. The Labute approximate surface area is 156 Å². The van der Waals surface area contributed by atoms with E-state index in [4.69, 9.17) is 5.73 Å². The second-order valence-corrected chi connectivity index (χ2v) is 6.31. The van der Waals surface area contributed by atoms with E-state index < -0.39 is 0 Å². The third-order valence-electron chi connectivity index (χ3n) is 4.93. The number of amides is 1. The van der Waals surface area contributed by atoms with Gasteiger partial charge in [0.2, 0.25) is 5.91 Å². The second-order valence-electron chi connectivity index (χ2n) is 6.31. The average Bonchev–Trinajstić information content (AvgIpc) is 2.89. The van der Waals surface area contributed by atoms with Crippen molar-refractivity contribution < 1.29 is 4.79 Å². The summed E-state index contributed by atoms with van der Waals surface area (Å²) in [7, 11) is 0. The number of hydrogen-bond donors (Lipinski definition) is 2. The summed E-state index contributed by atoms with van der Waals surface area (Å²) in [5, 5.41) is 7.73. The molecule has 0 unspecified atom stereocenters. The lowest BCUT2D eigenvalue weighted by molar-refractivity contribution is -0.122. The molecule has 0 bridgehead atoms. The monoisotopic (exact) mass is 364 g/mol. The van der Waals surface area contributed by atoms with E-state index in [9.17, 15) is 4.79 Å². The van der Waals surface area contributed by atoms with Crippen LogP contribution in [0.2, 0.25) is 0 Å². The molecule has 0 aliphatic heterocycles. The smallest absolute Gasteiger partial charge is 0.225 e. The Morgan fingerprint density at radius 1 is 1.20 bits per heavy atom. The Kier molecular flexibility index (Phi) is 7.64. The van der Waals surface area contributed by atoms with E-state index >= 15 is 0 Å². The van der Waals surface area contributed by atoms with E-state index in [1.54, 1.807) is 0 Å². The highest BCUT2D eigenvalue weighted by Gasteiger charge is 2.27. The van der Waals surface area contributed by atoms with Crippen molar-refractivity contribution in [2.75, 3.05) is 6.54 Å². The van der Waals surface area contributed by atoms with Crippen LogP contribution in [0.15, 0.2) is 30.3 Å². The van der Waals surface area contributed by atoms with Crippen LogP contribution in [0.3, 0.4) is 0 Å². The van der Waals surface area contributed by atoms with E-state index in [2.05, 4.69) is 24.3 Å². The van der Waals surface area contributed by atoms with Gasteiger partial charge in [-0.2, -0.15) is 5.10 Å². The Morgan fingerprint density at radius 3 is 2.32 bits per heavy atom. The Hall–Kier alpha value is -1.85. The molecule has 0 radical (unpaired) electrons. The normalized spacial score (nSPS) is 11.1. The number of para-hydroxylation sites is 1. The number of aromatic nitrogens is 2. The van der Waals surface area contributed by atoms with Gasteiger partial charge in [-0.1, -0.05) is 32.0 Å². The molecule has 25 heavy (non-hydrogen) atoms. The average molecular weight is 365 g/mol. The van der Waals surface area contributed by atoms with Crippen molar-refractivity contribution in [2.24, 2.45) is 5.73 Å². The first-order valence-electron chi connectivity index (χ1n) is 8.58. The minimum absolute atomic E-state index is 0. The third-order valence-corrected chi connectivity index (χ3v) is 4.93. The van der Waals surface area contributed by atoms with Crippen LogP contribution in [0, 0.1) is 13.8 Å². The summed E-state index contributed by atoms with van der Waals surface area (Å²) in [6, 6.07) is 9.96. The van der Waals surface area contributed by atoms with Crippen molar-refractivity contribution in [2.45, 2.75) is 52.5 Å². The van der Waals surface area contributed by atoms with E-state index in [0.29, 0.717) is 13.0 Å². The molecule has 6 heteroatoms. The summed E-state index contributed by atoms with van der Waals surface area (Å²) in [6.07, 6.45) is 1.98. The Balaban J connectivity index is 0.00000312. The first-order chi connectivity index (χ1) is 11.5. The highest BCUT2D eigenvalue weighted by atomic mass is 35.5. The van der Waals surface area contributed by atoms with Gasteiger partial charge in [-0.15, -0.1) is 12.4 Å². The molecule has 0 atom stereocenters. The molecule has 0 spiro atoms. The number of nitrogens with two attached hydrogens (primary N) is 1. The van der Waals surface area contributed by atoms with Crippen molar-refractivity contribution in [1.29, 1.82) is 0 Å². The van der Waals surface area contributed by atoms with Gasteiger partial charge in [0, 0.05) is 17.8 Å². The molecule has 0 saturated heterocycles. The van der Waals surface area contributed by atoms with Crippen LogP contribution in [0.25, 0.3) is 5.69 Å². The molecule has 2 aromatic rings. The quantitative estimate of drug-likeness (QED) is 0.792. The van der Waals surface area contributed by atoms with Gasteiger partial charge in [-0.25, -0.2) is 4.68 Å². The maximum absolute atomic E-state index is 12.6. The molecule has 1 amide bonds. The van der Waals surface area contributed by atoms with Crippen molar-refractivity contribution in [3.63, 3.8) is 0 Å². The van der Waals surface area contributed by atoms with Gasteiger partial charge in [-0.05, 0) is 38.8 Å². The molecule has 0 fully saturated rings. The molecule has 1 aromatic carbocycles. The molecule has 1 aromatic heterocycles. The SMILES string of the molecule is CCC(CC)(CN)NC(=O)Cc1c(C)nn(-c2ccccc2)c1C.Cl. The van der Waals surface area contributed by atoms with Crippen LogP contribution in [0.1, 0.15) is 43.6 Å². The standard InChI is InChI=1S/C19H28N4O.ClH/c1-5-19(6-2,13-20)21-18(24)12-17-14(3)22-23(15(17)4)16-10-8-7-9-11-16;/h7-11H,5-6,12-13,20H2,1-4H3,(H,21,24);1H. The van der Waals surface area contributed by atoms with Crippen LogP contribution in [-0.4, -0.2) is 27.8 Å². The maximum Gasteiger partial charge on any atom is 0.225 e. The van der Waals surface area contributed by atoms with Crippen LogP contribution in [-0.2, 0) is 11.2 Å². The molecule has 2 rings (SSSR count). The molecule has 1 heterocycles. The van der Waals surface area contributed by atoms with Gasteiger partial charge in [0.15, 0.2) is 0 Å². The molecule has 0 saturated carbocycles. The van der Waals surface area contributed by atoms with Crippen molar-refractivity contribution in [1.82, 2.24) is 15.1 Å². The number of hydrogen-bond acceptors (Lipinski definition) is 3. The number of halogens is 1. The lowest BCUT2D eigenvalue weighted by Gasteiger charge is -2.31. The van der Waals surface area contributed by atoms with Gasteiger partial charge in [0.25, 0.3) is 0 Å². The van der Waals surface area contributed by atoms with Gasteiger partial charge >= 0.3 is 0 Å². The Morgan fingerprint density at radius 2 is 1.80 bits per heavy atom. The largest absolute Gasteiger partial charge is 0.349 e. The second kappa shape index (κ2) is 9.02. The number of carbonyl (C=O) groups is 1. The number of nitrogens with one attached hydrogen (secondary N) is 1. The summed E-state index contributed by atoms with van der Waals surface area (Å²) in [4.78, 5) is 12.6. The topological polar surface area (TPSA) is 72.9 Å². The van der Waals surface area contributed by atoms with E-state index in [0.717, 1.165) is 35.5 Å². The lowest BCUT2D eigenvalue weighted by Crippen LogP contribution is -2.53.